The summed E-state index contributed by atoms with van der Waals surface area (Å²) in [5.41, 5.74) is 0. The molecule has 0 atom stereocenters. The third-order valence-corrected chi connectivity index (χ3v) is 2.45. The van der Waals surface area contributed by atoms with Gasteiger partial charge >= 0.3 is 0 Å². The Labute approximate surface area is 102 Å². The lowest BCUT2D eigenvalue weighted by molar-refractivity contribution is 0.291. The highest BCUT2D eigenvalue weighted by atomic mass is 79.9. The molecule has 0 bridgehead atoms. The zero-order valence-electron chi connectivity index (χ0n) is 9.19. The van der Waals surface area contributed by atoms with Crippen molar-refractivity contribution in [3.63, 3.8) is 0 Å². The molecule has 0 unspecified atom stereocenters. The number of hydrogen-bond acceptors (Lipinski definition) is 2. The fraction of sp³-hybridized carbons (Fsp3) is 0.455. The van der Waals surface area contributed by atoms with Gasteiger partial charge in [-0.2, -0.15) is 0 Å². The molecule has 0 aromatic heterocycles. The Balaban J connectivity index is 2.54. The van der Waals surface area contributed by atoms with Crippen molar-refractivity contribution in [2.45, 2.75) is 19.9 Å². The third kappa shape index (κ3) is 4.06. The second kappa shape index (κ2) is 6.15. The van der Waals surface area contributed by atoms with Gasteiger partial charge < -0.3 is 10.1 Å². The summed E-state index contributed by atoms with van der Waals surface area (Å²) in [7, 11) is 0. The lowest BCUT2D eigenvalue weighted by Gasteiger charge is -2.11. The fourth-order valence-corrected chi connectivity index (χ4v) is 1.69. The molecule has 0 fully saturated rings. The molecular formula is C11H14BrF2NO. The Kier molecular flexibility index (Phi) is 5.15. The molecule has 0 amide bonds. The molecule has 1 N–H and O–H groups in total. The summed E-state index contributed by atoms with van der Waals surface area (Å²) in [6.45, 7) is 4.96. The molecule has 90 valence electrons. The van der Waals surface area contributed by atoms with Gasteiger partial charge in [0.05, 0.1) is 4.47 Å². The zero-order chi connectivity index (χ0) is 12.1. The van der Waals surface area contributed by atoms with E-state index >= 15 is 0 Å². The van der Waals surface area contributed by atoms with Crippen LogP contribution in [-0.2, 0) is 0 Å². The lowest BCUT2D eigenvalue weighted by atomic mass is 10.3. The maximum absolute atomic E-state index is 13.3. The lowest BCUT2D eigenvalue weighted by Crippen LogP contribution is -2.27. The maximum atomic E-state index is 13.3. The van der Waals surface area contributed by atoms with Crippen LogP contribution in [0.3, 0.4) is 0 Å². The Morgan fingerprint density at radius 2 is 2.06 bits per heavy atom. The molecule has 0 heterocycles. The second-order valence-electron chi connectivity index (χ2n) is 3.66. The normalized spacial score (nSPS) is 10.9. The highest BCUT2D eigenvalue weighted by molar-refractivity contribution is 9.10. The second-order valence-corrected chi connectivity index (χ2v) is 4.51. The summed E-state index contributed by atoms with van der Waals surface area (Å²) in [6.07, 6.45) is 0. The minimum Gasteiger partial charge on any atom is -0.488 e. The fourth-order valence-electron chi connectivity index (χ4n) is 1.17. The van der Waals surface area contributed by atoms with Crippen molar-refractivity contribution >= 4 is 15.9 Å². The molecule has 0 aliphatic rings. The Bertz CT molecular complexity index is 335. The standard InChI is InChI=1S/C11H14BrF2NO/c1-7(2)15-3-4-16-11-9(12)5-8(13)6-10(11)14/h5-7,15H,3-4H2,1-2H3. The third-order valence-electron chi connectivity index (χ3n) is 1.86. The van der Waals surface area contributed by atoms with Gasteiger partial charge in [0, 0.05) is 18.7 Å². The number of benzene rings is 1. The first-order valence-corrected chi connectivity index (χ1v) is 5.80. The first kappa shape index (κ1) is 13.4. The molecule has 5 heteroatoms. The minimum absolute atomic E-state index is 0.0481. The van der Waals surface area contributed by atoms with Gasteiger partial charge in [0.15, 0.2) is 11.6 Å². The largest absolute Gasteiger partial charge is 0.488 e. The van der Waals surface area contributed by atoms with Gasteiger partial charge in [0.25, 0.3) is 0 Å². The molecule has 1 aromatic carbocycles. The van der Waals surface area contributed by atoms with Crippen LogP contribution in [0.2, 0.25) is 0 Å². The Morgan fingerprint density at radius 3 is 2.62 bits per heavy atom. The van der Waals surface area contributed by atoms with E-state index in [4.69, 9.17) is 4.74 Å². The van der Waals surface area contributed by atoms with Crippen LogP contribution in [0.4, 0.5) is 8.78 Å². The Morgan fingerprint density at radius 1 is 1.38 bits per heavy atom. The van der Waals surface area contributed by atoms with Gasteiger partial charge in [0.2, 0.25) is 0 Å². The number of hydrogen-bond donors (Lipinski definition) is 1. The van der Waals surface area contributed by atoms with Crippen molar-refractivity contribution in [2.24, 2.45) is 0 Å². The topological polar surface area (TPSA) is 21.3 Å². The van der Waals surface area contributed by atoms with Crippen molar-refractivity contribution < 1.29 is 13.5 Å². The van der Waals surface area contributed by atoms with Crippen LogP contribution in [0.15, 0.2) is 16.6 Å². The number of ether oxygens (including phenoxy) is 1. The summed E-state index contributed by atoms with van der Waals surface area (Å²) >= 11 is 3.05. The van der Waals surface area contributed by atoms with Crippen LogP contribution < -0.4 is 10.1 Å². The van der Waals surface area contributed by atoms with Gasteiger partial charge in [-0.05, 0) is 22.0 Å². The smallest absolute Gasteiger partial charge is 0.169 e. The van der Waals surface area contributed by atoms with Gasteiger partial charge in [-0.1, -0.05) is 13.8 Å². The predicted molar refractivity (Wildman–Crippen MR) is 62.7 cm³/mol. The number of nitrogens with one attached hydrogen (secondary N) is 1. The van der Waals surface area contributed by atoms with Crippen LogP contribution in [-0.4, -0.2) is 19.2 Å². The molecule has 16 heavy (non-hydrogen) atoms. The van der Waals surface area contributed by atoms with Crippen molar-refractivity contribution in [3.8, 4) is 5.75 Å². The summed E-state index contributed by atoms with van der Waals surface area (Å²) in [6, 6.07) is 2.33. The monoisotopic (exact) mass is 293 g/mol. The SMILES string of the molecule is CC(C)NCCOc1c(F)cc(F)cc1Br. The van der Waals surface area contributed by atoms with E-state index < -0.39 is 11.6 Å². The van der Waals surface area contributed by atoms with Crippen molar-refractivity contribution in [1.82, 2.24) is 5.32 Å². The molecule has 0 aliphatic carbocycles. The molecule has 0 radical (unpaired) electrons. The van der Waals surface area contributed by atoms with E-state index in [1.807, 2.05) is 13.8 Å². The summed E-state index contributed by atoms with van der Waals surface area (Å²) in [5.74, 6) is -1.28. The minimum atomic E-state index is -0.698. The van der Waals surface area contributed by atoms with E-state index in [1.54, 1.807) is 0 Å². The first-order chi connectivity index (χ1) is 7.50. The molecule has 0 saturated carbocycles. The number of halogens is 3. The van der Waals surface area contributed by atoms with E-state index in [9.17, 15) is 8.78 Å². The van der Waals surface area contributed by atoms with Gasteiger partial charge in [-0.3, -0.25) is 0 Å². The van der Waals surface area contributed by atoms with Gasteiger partial charge in [0.1, 0.15) is 12.4 Å². The quantitative estimate of drug-likeness (QED) is 0.843. The van der Waals surface area contributed by atoms with Crippen molar-refractivity contribution in [3.05, 3.63) is 28.2 Å². The van der Waals surface area contributed by atoms with E-state index in [0.717, 1.165) is 6.07 Å². The molecule has 2 nitrogen and oxygen atoms in total. The number of rotatable bonds is 5. The van der Waals surface area contributed by atoms with Gasteiger partial charge in [-0.15, -0.1) is 0 Å². The van der Waals surface area contributed by atoms with E-state index in [0.29, 0.717) is 19.2 Å². The molecule has 0 saturated heterocycles. The average molecular weight is 294 g/mol. The molecule has 1 rings (SSSR count). The summed E-state index contributed by atoms with van der Waals surface area (Å²) in [5, 5.41) is 3.13. The summed E-state index contributed by atoms with van der Waals surface area (Å²) in [4.78, 5) is 0. The van der Waals surface area contributed by atoms with E-state index in [2.05, 4.69) is 21.2 Å². The molecular weight excluding hydrogens is 280 g/mol. The van der Waals surface area contributed by atoms with Crippen molar-refractivity contribution in [2.75, 3.05) is 13.2 Å². The van der Waals surface area contributed by atoms with E-state index in [-0.39, 0.29) is 10.2 Å². The predicted octanol–water partition coefficient (Wildman–Crippen LogP) is 3.10. The van der Waals surface area contributed by atoms with Crippen LogP contribution in [0, 0.1) is 11.6 Å². The van der Waals surface area contributed by atoms with Crippen LogP contribution in [0.5, 0.6) is 5.75 Å². The first-order valence-electron chi connectivity index (χ1n) is 5.01. The summed E-state index contributed by atoms with van der Waals surface area (Å²) < 4.78 is 31.6. The van der Waals surface area contributed by atoms with Crippen LogP contribution in [0.1, 0.15) is 13.8 Å². The zero-order valence-corrected chi connectivity index (χ0v) is 10.8. The highest BCUT2D eigenvalue weighted by Gasteiger charge is 2.10. The van der Waals surface area contributed by atoms with Gasteiger partial charge in [-0.25, -0.2) is 8.78 Å². The van der Waals surface area contributed by atoms with Crippen molar-refractivity contribution in [1.29, 1.82) is 0 Å². The average Bonchev–Trinajstić information content (AvgIpc) is 2.14. The molecule has 0 spiro atoms. The van der Waals surface area contributed by atoms with E-state index in [1.165, 1.54) is 6.07 Å². The van der Waals surface area contributed by atoms with Crippen LogP contribution in [0.25, 0.3) is 0 Å². The highest BCUT2D eigenvalue weighted by Crippen LogP contribution is 2.28. The molecule has 0 aliphatic heterocycles. The van der Waals surface area contributed by atoms with Crippen LogP contribution >= 0.6 is 15.9 Å². The molecule has 1 aromatic rings. The maximum Gasteiger partial charge on any atom is 0.169 e. The Hall–Kier alpha value is -0.680.